The first-order chi connectivity index (χ1) is 5.36. The zero-order valence-electron chi connectivity index (χ0n) is 7.19. The average Bonchev–Trinajstić information content (AvgIpc) is 1.85. The number of allylic oxidation sites excluding steroid dienone is 1. The molecular formula is C8H12FIO2. The van der Waals surface area contributed by atoms with E-state index < -0.39 is 9.64 Å². The van der Waals surface area contributed by atoms with E-state index in [2.05, 4.69) is 11.3 Å². The zero-order valence-corrected chi connectivity index (χ0v) is 9.35. The third-order valence-corrected chi connectivity index (χ3v) is 1.99. The van der Waals surface area contributed by atoms with Crippen molar-refractivity contribution in [2.45, 2.75) is 25.9 Å². The first kappa shape index (κ1) is 11.9. The number of carbonyl (C=O) groups is 1. The lowest BCUT2D eigenvalue weighted by molar-refractivity contribution is 0.140. The third-order valence-electron chi connectivity index (χ3n) is 1.68. The van der Waals surface area contributed by atoms with E-state index in [0.29, 0.717) is 5.57 Å². The monoisotopic (exact) mass is 286 g/mol. The van der Waals surface area contributed by atoms with Gasteiger partial charge in [0, 0.05) is 6.42 Å². The number of alkyl halides is 1. The minimum atomic E-state index is -1.44. The van der Waals surface area contributed by atoms with Crippen molar-refractivity contribution in [3.63, 3.8) is 0 Å². The van der Waals surface area contributed by atoms with Crippen LogP contribution in [0.5, 0.6) is 0 Å². The summed E-state index contributed by atoms with van der Waals surface area (Å²) in [4.78, 5) is 10.3. The Labute approximate surface area is 85.3 Å². The van der Waals surface area contributed by atoms with Crippen molar-refractivity contribution >= 4 is 26.6 Å². The van der Waals surface area contributed by atoms with Crippen molar-refractivity contribution in [3.8, 4) is 0 Å². The molecule has 0 aromatic rings. The molecule has 4 heteroatoms. The largest absolute Gasteiger partial charge is 0.458 e. The minimum Gasteiger partial charge on any atom is -0.458 e. The Morgan fingerprint density at radius 2 is 2.25 bits per heavy atom. The molecule has 0 saturated carbocycles. The van der Waals surface area contributed by atoms with E-state index in [9.17, 15) is 9.18 Å². The highest BCUT2D eigenvalue weighted by Gasteiger charge is 2.23. The molecule has 0 aliphatic carbocycles. The Hall–Kier alpha value is -0.130. The number of hydrogen-bond donors (Lipinski definition) is 0. The van der Waals surface area contributed by atoms with Gasteiger partial charge in [-0.15, -0.1) is 0 Å². The van der Waals surface area contributed by atoms with Crippen LogP contribution in [0.25, 0.3) is 0 Å². The average molecular weight is 286 g/mol. The molecule has 0 aromatic heterocycles. The van der Waals surface area contributed by atoms with Crippen LogP contribution in [0.2, 0.25) is 0 Å². The van der Waals surface area contributed by atoms with E-state index in [1.54, 1.807) is 6.92 Å². The summed E-state index contributed by atoms with van der Waals surface area (Å²) in [5, 5.41) is 0. The predicted molar refractivity (Wildman–Crippen MR) is 54.3 cm³/mol. The van der Waals surface area contributed by atoms with Gasteiger partial charge in [0.2, 0.25) is 0 Å². The van der Waals surface area contributed by atoms with Gasteiger partial charge in [-0.2, -0.15) is 0 Å². The molecule has 0 spiro atoms. The zero-order chi connectivity index (χ0) is 9.78. The van der Waals surface area contributed by atoms with Gasteiger partial charge in [0.25, 0.3) is 0 Å². The van der Waals surface area contributed by atoms with Crippen LogP contribution in [-0.4, -0.2) is 16.3 Å². The maximum atomic E-state index is 13.4. The van der Waals surface area contributed by atoms with E-state index in [4.69, 9.17) is 0 Å². The predicted octanol–water partition coefficient (Wildman–Crippen LogP) is 3.25. The number of hydrogen-bond acceptors (Lipinski definition) is 2. The summed E-state index contributed by atoms with van der Waals surface area (Å²) in [6.07, 6.45) is 0.164. The van der Waals surface area contributed by atoms with E-state index in [0.717, 1.165) is 0 Å². The van der Waals surface area contributed by atoms with Gasteiger partial charge in [0.15, 0.2) is 0 Å². The molecule has 0 aromatic carbocycles. The van der Waals surface area contributed by atoms with Gasteiger partial charge in [-0.3, -0.25) is 0 Å². The molecule has 70 valence electrons. The third kappa shape index (κ3) is 4.69. The highest BCUT2D eigenvalue weighted by molar-refractivity contribution is 14.1. The van der Waals surface area contributed by atoms with Crippen molar-refractivity contribution in [1.29, 1.82) is 0 Å². The first-order valence-corrected chi connectivity index (χ1v) is 4.61. The van der Waals surface area contributed by atoms with Crippen LogP contribution < -0.4 is 0 Å². The summed E-state index contributed by atoms with van der Waals surface area (Å²) in [6, 6.07) is 0. The molecule has 0 heterocycles. The minimum absolute atomic E-state index is 0.0988. The molecule has 0 rings (SSSR count). The molecule has 0 amide bonds. The quantitative estimate of drug-likeness (QED) is 0.450. The molecule has 12 heavy (non-hydrogen) atoms. The van der Waals surface area contributed by atoms with E-state index in [1.807, 2.05) is 0 Å². The van der Waals surface area contributed by atoms with E-state index >= 15 is 0 Å². The Balaban J connectivity index is 3.76. The lowest BCUT2D eigenvalue weighted by Gasteiger charge is -2.19. The van der Waals surface area contributed by atoms with Gasteiger partial charge in [-0.1, -0.05) is 6.58 Å². The summed E-state index contributed by atoms with van der Waals surface area (Å²) in [7, 11) is 0. The summed E-state index contributed by atoms with van der Waals surface area (Å²) < 4.78 is 17.6. The first-order valence-electron chi connectivity index (χ1n) is 3.53. The second-order valence-corrected chi connectivity index (χ2v) is 3.69. The molecule has 0 aliphatic heterocycles. The Morgan fingerprint density at radius 1 is 1.75 bits per heavy atom. The highest BCUT2D eigenvalue weighted by atomic mass is 127. The van der Waals surface area contributed by atoms with Crippen LogP contribution in [0.1, 0.15) is 20.3 Å². The maximum absolute atomic E-state index is 13.4. The van der Waals surface area contributed by atoms with Crippen molar-refractivity contribution in [3.05, 3.63) is 12.2 Å². The number of carbonyl (C=O) groups excluding carboxylic acids is 1. The van der Waals surface area contributed by atoms with Gasteiger partial charge in [-0.05, 0) is 19.4 Å². The standard InChI is InChI=1S/C8H12FIO2/c1-6(2)8(3,9)4-5-12-7(10)11/h1,4-5H2,2-3H3. The molecule has 1 atom stereocenters. The molecule has 1 unspecified atom stereocenters. The molecule has 0 radical (unpaired) electrons. The number of halogens is 2. The van der Waals surface area contributed by atoms with Gasteiger partial charge in [-0.25, -0.2) is 9.18 Å². The molecule has 0 N–H and O–H groups in total. The second-order valence-electron chi connectivity index (χ2n) is 2.81. The van der Waals surface area contributed by atoms with Crippen LogP contribution in [-0.2, 0) is 4.74 Å². The van der Waals surface area contributed by atoms with E-state index in [1.165, 1.54) is 29.5 Å². The lowest BCUT2D eigenvalue weighted by atomic mass is 9.97. The SMILES string of the molecule is C=C(C)C(C)(F)CCOC(=O)I. The molecule has 0 saturated heterocycles. The fourth-order valence-corrected chi connectivity index (χ4v) is 0.757. The molecular weight excluding hydrogens is 274 g/mol. The number of ether oxygens (including phenoxy) is 1. The van der Waals surface area contributed by atoms with Gasteiger partial charge in [0.1, 0.15) is 5.67 Å². The van der Waals surface area contributed by atoms with Crippen molar-refractivity contribution in [2.75, 3.05) is 6.61 Å². The Bertz CT molecular complexity index is 189. The van der Waals surface area contributed by atoms with Crippen LogP contribution in [0, 0.1) is 0 Å². The van der Waals surface area contributed by atoms with Crippen molar-refractivity contribution < 1.29 is 13.9 Å². The number of rotatable bonds is 4. The van der Waals surface area contributed by atoms with Crippen molar-refractivity contribution in [1.82, 2.24) is 0 Å². The Morgan fingerprint density at radius 3 is 2.58 bits per heavy atom. The topological polar surface area (TPSA) is 26.3 Å². The maximum Gasteiger partial charge on any atom is 0.367 e. The molecule has 0 fully saturated rings. The summed E-state index contributed by atoms with van der Waals surface area (Å²) in [5.41, 5.74) is -0.987. The van der Waals surface area contributed by atoms with Crippen LogP contribution in [0.4, 0.5) is 9.18 Å². The second kappa shape index (κ2) is 4.79. The van der Waals surface area contributed by atoms with Crippen LogP contribution in [0.15, 0.2) is 12.2 Å². The van der Waals surface area contributed by atoms with E-state index in [-0.39, 0.29) is 13.0 Å². The van der Waals surface area contributed by atoms with Crippen LogP contribution >= 0.6 is 22.6 Å². The van der Waals surface area contributed by atoms with Gasteiger partial charge < -0.3 is 4.74 Å². The fraction of sp³-hybridized carbons (Fsp3) is 0.625. The van der Waals surface area contributed by atoms with Crippen molar-refractivity contribution in [2.24, 2.45) is 0 Å². The summed E-state index contributed by atoms with van der Waals surface area (Å²) >= 11 is 1.51. The highest BCUT2D eigenvalue weighted by Crippen LogP contribution is 2.23. The fourth-order valence-electron chi connectivity index (χ4n) is 0.536. The van der Waals surface area contributed by atoms with Crippen LogP contribution in [0.3, 0.4) is 0 Å². The smallest absolute Gasteiger partial charge is 0.367 e. The normalized spacial score (nSPS) is 15.0. The summed E-state index contributed by atoms with van der Waals surface area (Å²) in [5.74, 6) is 0. The summed E-state index contributed by atoms with van der Waals surface area (Å²) in [6.45, 7) is 6.65. The Kier molecular flexibility index (Phi) is 4.74. The van der Waals surface area contributed by atoms with Gasteiger partial charge in [0.05, 0.1) is 29.2 Å². The molecule has 0 aliphatic rings. The lowest BCUT2D eigenvalue weighted by Crippen LogP contribution is -2.21. The van der Waals surface area contributed by atoms with Gasteiger partial charge >= 0.3 is 3.98 Å². The molecule has 2 nitrogen and oxygen atoms in total. The molecule has 0 bridgehead atoms.